The number of ketones is 1. The fraction of sp³-hybridized carbons (Fsp3) is 0.824. The van der Waals surface area contributed by atoms with Crippen molar-refractivity contribution in [1.82, 2.24) is 4.90 Å². The number of piperidine rings is 1. The van der Waals surface area contributed by atoms with E-state index in [1.165, 1.54) is 0 Å². The molecule has 0 unspecified atom stereocenters. The van der Waals surface area contributed by atoms with Crippen LogP contribution >= 0.6 is 0 Å². The normalized spacial score (nSPS) is 17.5. The number of hydrogen-bond donors (Lipinski definition) is 0. The molecule has 1 saturated heterocycles. The molecular formula is C17H29NO5. The molecule has 23 heavy (non-hydrogen) atoms. The molecule has 132 valence electrons. The van der Waals surface area contributed by atoms with Crippen LogP contribution in [0.2, 0.25) is 0 Å². The summed E-state index contributed by atoms with van der Waals surface area (Å²) in [7, 11) is 0. The van der Waals surface area contributed by atoms with Gasteiger partial charge in [0, 0.05) is 24.9 Å². The molecule has 1 heterocycles. The van der Waals surface area contributed by atoms with Crippen molar-refractivity contribution in [2.45, 2.75) is 65.9 Å². The van der Waals surface area contributed by atoms with Crippen molar-refractivity contribution < 1.29 is 23.9 Å². The van der Waals surface area contributed by atoms with Crippen LogP contribution in [0.25, 0.3) is 0 Å². The third-order valence-electron chi connectivity index (χ3n) is 4.07. The van der Waals surface area contributed by atoms with Crippen LogP contribution in [0.15, 0.2) is 0 Å². The molecule has 1 aliphatic rings. The molecule has 0 aromatic rings. The average molecular weight is 327 g/mol. The summed E-state index contributed by atoms with van der Waals surface area (Å²) in [5.41, 5.74) is -1.25. The summed E-state index contributed by atoms with van der Waals surface area (Å²) in [6.45, 7) is 10.1. The Morgan fingerprint density at radius 1 is 1.09 bits per heavy atom. The third-order valence-corrected chi connectivity index (χ3v) is 4.07. The molecule has 0 aliphatic carbocycles. The highest BCUT2D eigenvalue weighted by molar-refractivity contribution is 5.89. The van der Waals surface area contributed by atoms with Gasteiger partial charge in [-0.3, -0.25) is 9.59 Å². The van der Waals surface area contributed by atoms with E-state index in [1.54, 1.807) is 18.7 Å². The third kappa shape index (κ3) is 5.52. The number of likely N-dealkylation sites (tertiary alicyclic amines) is 1. The van der Waals surface area contributed by atoms with Crippen LogP contribution in [0.4, 0.5) is 4.79 Å². The van der Waals surface area contributed by atoms with Crippen molar-refractivity contribution in [3.63, 3.8) is 0 Å². The summed E-state index contributed by atoms with van der Waals surface area (Å²) in [6, 6.07) is 0. The standard InChI is InChI=1S/C17H29NO5/c1-6-13(19)17(12-14(20)22-7-2)8-10-18(11-9-17)15(21)23-16(3,4)5/h6-12H2,1-5H3. The van der Waals surface area contributed by atoms with Gasteiger partial charge >= 0.3 is 12.1 Å². The molecule has 0 radical (unpaired) electrons. The molecule has 1 fully saturated rings. The first-order valence-corrected chi connectivity index (χ1v) is 8.30. The van der Waals surface area contributed by atoms with E-state index in [1.807, 2.05) is 20.8 Å². The second-order valence-corrected chi connectivity index (χ2v) is 7.01. The maximum absolute atomic E-state index is 12.4. The van der Waals surface area contributed by atoms with Crippen LogP contribution in [-0.4, -0.2) is 48.0 Å². The lowest BCUT2D eigenvalue weighted by Crippen LogP contribution is -2.48. The van der Waals surface area contributed by atoms with Crippen molar-refractivity contribution in [3.8, 4) is 0 Å². The second-order valence-electron chi connectivity index (χ2n) is 7.01. The quantitative estimate of drug-likeness (QED) is 0.726. The summed E-state index contributed by atoms with van der Waals surface area (Å²) in [5, 5.41) is 0. The lowest BCUT2D eigenvalue weighted by atomic mass is 9.71. The predicted octanol–water partition coefficient (Wildman–Crippen LogP) is 2.94. The maximum atomic E-state index is 12.4. The first-order valence-electron chi connectivity index (χ1n) is 8.30. The lowest BCUT2D eigenvalue weighted by molar-refractivity contribution is -0.151. The number of amides is 1. The Morgan fingerprint density at radius 3 is 2.09 bits per heavy atom. The van der Waals surface area contributed by atoms with E-state index in [0.29, 0.717) is 39.0 Å². The molecule has 0 saturated carbocycles. The van der Waals surface area contributed by atoms with Crippen LogP contribution in [0.5, 0.6) is 0 Å². The summed E-state index contributed by atoms with van der Waals surface area (Å²) in [4.78, 5) is 38.0. The van der Waals surface area contributed by atoms with Gasteiger partial charge in [-0.15, -0.1) is 0 Å². The molecule has 6 heteroatoms. The van der Waals surface area contributed by atoms with Gasteiger partial charge in [-0.1, -0.05) is 6.92 Å². The number of Topliss-reactive ketones (excluding diaryl/α,β-unsaturated/α-hetero) is 1. The van der Waals surface area contributed by atoms with E-state index in [2.05, 4.69) is 0 Å². The maximum Gasteiger partial charge on any atom is 0.410 e. The number of carbonyl (C=O) groups excluding carboxylic acids is 3. The van der Waals surface area contributed by atoms with Crippen LogP contribution in [-0.2, 0) is 19.1 Å². The van der Waals surface area contributed by atoms with E-state index in [0.717, 1.165) is 0 Å². The van der Waals surface area contributed by atoms with Crippen molar-refractivity contribution in [3.05, 3.63) is 0 Å². The van der Waals surface area contributed by atoms with Gasteiger partial charge in [-0.2, -0.15) is 0 Å². The molecular weight excluding hydrogens is 298 g/mol. The van der Waals surface area contributed by atoms with E-state index in [-0.39, 0.29) is 24.3 Å². The summed E-state index contributed by atoms with van der Waals surface area (Å²) in [6.07, 6.45) is 1.04. The Balaban J connectivity index is 2.74. The Labute approximate surface area is 138 Å². The molecule has 6 nitrogen and oxygen atoms in total. The van der Waals surface area contributed by atoms with E-state index >= 15 is 0 Å². The minimum atomic E-state index is -0.709. The van der Waals surface area contributed by atoms with Crippen LogP contribution in [0, 0.1) is 5.41 Å². The van der Waals surface area contributed by atoms with Gasteiger partial charge in [0.25, 0.3) is 0 Å². The van der Waals surface area contributed by atoms with Crippen molar-refractivity contribution in [1.29, 1.82) is 0 Å². The summed E-state index contributed by atoms with van der Waals surface area (Å²) >= 11 is 0. The number of rotatable bonds is 5. The molecule has 1 aliphatic heterocycles. The molecule has 0 atom stereocenters. The van der Waals surface area contributed by atoms with Gasteiger partial charge < -0.3 is 14.4 Å². The second kappa shape index (κ2) is 7.79. The Kier molecular flexibility index (Phi) is 6.59. The van der Waals surface area contributed by atoms with E-state index < -0.39 is 11.0 Å². The molecule has 0 aromatic carbocycles. The summed E-state index contributed by atoms with van der Waals surface area (Å²) < 4.78 is 10.4. The average Bonchev–Trinajstić information content (AvgIpc) is 2.45. The van der Waals surface area contributed by atoms with Gasteiger partial charge in [0.2, 0.25) is 0 Å². The fourth-order valence-electron chi connectivity index (χ4n) is 2.86. The first kappa shape index (κ1) is 19.5. The first-order chi connectivity index (χ1) is 10.6. The fourth-order valence-corrected chi connectivity index (χ4v) is 2.86. The minimum Gasteiger partial charge on any atom is -0.466 e. The highest BCUT2D eigenvalue weighted by Gasteiger charge is 2.43. The van der Waals surface area contributed by atoms with E-state index in [9.17, 15) is 14.4 Å². The Hall–Kier alpha value is -1.59. The van der Waals surface area contributed by atoms with Gasteiger partial charge in [0.05, 0.1) is 13.0 Å². The van der Waals surface area contributed by atoms with Gasteiger partial charge in [0.15, 0.2) is 0 Å². The Bertz CT molecular complexity index is 444. The van der Waals surface area contributed by atoms with Crippen molar-refractivity contribution in [2.75, 3.05) is 19.7 Å². The molecule has 0 N–H and O–H groups in total. The summed E-state index contributed by atoms with van der Waals surface area (Å²) in [5.74, 6) is -0.283. The van der Waals surface area contributed by atoms with Crippen LogP contribution < -0.4 is 0 Å². The smallest absolute Gasteiger partial charge is 0.410 e. The number of carbonyl (C=O) groups is 3. The predicted molar refractivity (Wildman–Crippen MR) is 86.0 cm³/mol. The van der Waals surface area contributed by atoms with Crippen molar-refractivity contribution in [2.24, 2.45) is 5.41 Å². The highest BCUT2D eigenvalue weighted by Crippen LogP contribution is 2.37. The van der Waals surface area contributed by atoms with Gasteiger partial charge in [0.1, 0.15) is 11.4 Å². The van der Waals surface area contributed by atoms with E-state index in [4.69, 9.17) is 9.47 Å². The SMILES string of the molecule is CCOC(=O)CC1(C(=O)CC)CCN(C(=O)OC(C)(C)C)CC1. The molecule has 1 rings (SSSR count). The highest BCUT2D eigenvalue weighted by atomic mass is 16.6. The zero-order chi connectivity index (χ0) is 17.7. The topological polar surface area (TPSA) is 72.9 Å². The Morgan fingerprint density at radius 2 is 1.65 bits per heavy atom. The number of nitrogens with zero attached hydrogens (tertiary/aromatic N) is 1. The largest absolute Gasteiger partial charge is 0.466 e. The zero-order valence-corrected chi connectivity index (χ0v) is 14.9. The molecule has 0 spiro atoms. The van der Waals surface area contributed by atoms with Gasteiger partial charge in [-0.25, -0.2) is 4.79 Å². The minimum absolute atomic E-state index is 0.0643. The lowest BCUT2D eigenvalue weighted by Gasteiger charge is -2.40. The number of esters is 1. The molecule has 0 bridgehead atoms. The molecule has 1 amide bonds. The van der Waals surface area contributed by atoms with Crippen LogP contribution in [0.1, 0.15) is 60.3 Å². The molecule has 0 aromatic heterocycles. The van der Waals surface area contributed by atoms with Crippen molar-refractivity contribution >= 4 is 17.8 Å². The number of hydrogen-bond acceptors (Lipinski definition) is 5. The number of ether oxygens (including phenoxy) is 2. The monoisotopic (exact) mass is 327 g/mol. The zero-order valence-electron chi connectivity index (χ0n) is 14.9. The van der Waals surface area contributed by atoms with Crippen LogP contribution in [0.3, 0.4) is 0 Å². The van der Waals surface area contributed by atoms with Gasteiger partial charge in [-0.05, 0) is 40.5 Å².